The highest BCUT2D eigenvalue weighted by Crippen LogP contribution is 2.36. The highest BCUT2D eigenvalue weighted by molar-refractivity contribution is 5.67. The molecule has 0 spiro atoms. The van der Waals surface area contributed by atoms with E-state index in [1.807, 2.05) is 0 Å². The average Bonchev–Trinajstić information content (AvgIpc) is 3.11. The topological polar surface area (TPSA) is 9.23 Å². The summed E-state index contributed by atoms with van der Waals surface area (Å²) in [5, 5.41) is 0. The summed E-state index contributed by atoms with van der Waals surface area (Å²) in [7, 11) is 0. The molecule has 1 fully saturated rings. The van der Waals surface area contributed by atoms with Crippen LogP contribution in [0.3, 0.4) is 0 Å². The van der Waals surface area contributed by atoms with E-state index in [1.165, 1.54) is 25.7 Å². The summed E-state index contributed by atoms with van der Waals surface area (Å²) in [4.78, 5) is 0. The van der Waals surface area contributed by atoms with Gasteiger partial charge in [-0.25, -0.2) is 4.39 Å². The lowest BCUT2D eigenvalue weighted by Gasteiger charge is -2.22. The Morgan fingerprint density at radius 2 is 1.83 bits per heavy atom. The molecule has 0 amide bonds. The fraction of sp³-hybridized carbons (Fsp3) is 0.619. The number of allylic oxidation sites excluding steroid dienone is 2. The van der Waals surface area contributed by atoms with Gasteiger partial charge in [-0.05, 0) is 61.6 Å². The molecule has 1 saturated carbocycles. The Hall–Kier alpha value is -1.38. The molecule has 3 rings (SSSR count). The fourth-order valence-corrected chi connectivity index (χ4v) is 4.08. The number of rotatable bonds is 6. The molecule has 24 heavy (non-hydrogen) atoms. The third-order valence-corrected chi connectivity index (χ3v) is 5.56. The molecule has 1 atom stereocenters. The van der Waals surface area contributed by atoms with E-state index < -0.39 is 11.6 Å². The Kier molecular flexibility index (Phi) is 5.91. The van der Waals surface area contributed by atoms with Gasteiger partial charge in [0.05, 0.1) is 6.61 Å². The Morgan fingerprint density at radius 3 is 2.50 bits per heavy atom. The monoisotopic (exact) mass is 334 g/mol. The molecule has 0 N–H and O–H groups in total. The van der Waals surface area contributed by atoms with Gasteiger partial charge in [0.15, 0.2) is 11.6 Å². The standard InChI is InChI=1S/C21H28F2O/c1-2-5-15-8-10-17(11-9-15)18-12-13-19(21(23)20(18)22)24-14-16-6-3-4-7-16/h10,12-13,15-16H,2-9,11,14H2,1H3. The van der Waals surface area contributed by atoms with Crippen LogP contribution in [-0.4, -0.2) is 6.61 Å². The van der Waals surface area contributed by atoms with Gasteiger partial charge in [0.2, 0.25) is 5.82 Å². The lowest BCUT2D eigenvalue weighted by molar-refractivity contribution is 0.239. The number of benzene rings is 1. The molecule has 0 aliphatic heterocycles. The summed E-state index contributed by atoms with van der Waals surface area (Å²) in [6.45, 7) is 2.69. The molecular formula is C21H28F2O. The van der Waals surface area contributed by atoms with Gasteiger partial charge >= 0.3 is 0 Å². The third kappa shape index (κ3) is 3.99. The van der Waals surface area contributed by atoms with Crippen LogP contribution in [0.25, 0.3) is 5.57 Å². The van der Waals surface area contributed by atoms with Crippen LogP contribution in [0.1, 0.15) is 70.3 Å². The summed E-state index contributed by atoms with van der Waals surface area (Å²) >= 11 is 0. The highest BCUT2D eigenvalue weighted by Gasteiger charge is 2.22. The van der Waals surface area contributed by atoms with E-state index in [2.05, 4.69) is 13.0 Å². The second kappa shape index (κ2) is 8.13. The Balaban J connectivity index is 1.68. The van der Waals surface area contributed by atoms with Gasteiger partial charge in [-0.2, -0.15) is 4.39 Å². The Morgan fingerprint density at radius 1 is 1.04 bits per heavy atom. The second-order valence-electron chi connectivity index (χ2n) is 7.36. The van der Waals surface area contributed by atoms with Gasteiger partial charge in [0.1, 0.15) is 0 Å². The summed E-state index contributed by atoms with van der Waals surface area (Å²) in [5.74, 6) is -0.339. The maximum atomic E-state index is 14.5. The lowest BCUT2D eigenvalue weighted by Crippen LogP contribution is -2.10. The van der Waals surface area contributed by atoms with Crippen LogP contribution in [0.5, 0.6) is 5.75 Å². The van der Waals surface area contributed by atoms with Crippen molar-refractivity contribution >= 4 is 5.57 Å². The number of ether oxygens (including phenoxy) is 1. The lowest BCUT2D eigenvalue weighted by atomic mass is 9.84. The van der Waals surface area contributed by atoms with Crippen molar-refractivity contribution in [3.63, 3.8) is 0 Å². The molecule has 132 valence electrons. The minimum atomic E-state index is -0.831. The molecule has 2 aliphatic carbocycles. The zero-order chi connectivity index (χ0) is 16.9. The van der Waals surface area contributed by atoms with Crippen LogP contribution in [0.4, 0.5) is 8.78 Å². The summed E-state index contributed by atoms with van der Waals surface area (Å²) in [5.41, 5.74) is 1.36. The van der Waals surface area contributed by atoms with Crippen molar-refractivity contribution in [3.8, 4) is 5.75 Å². The van der Waals surface area contributed by atoms with Crippen LogP contribution < -0.4 is 4.74 Å². The number of hydrogen-bond acceptors (Lipinski definition) is 1. The van der Waals surface area contributed by atoms with E-state index in [4.69, 9.17) is 4.74 Å². The summed E-state index contributed by atoms with van der Waals surface area (Å²) in [6.07, 6.45) is 12.1. The number of hydrogen-bond donors (Lipinski definition) is 0. The molecule has 0 aromatic heterocycles. The van der Waals surface area contributed by atoms with Crippen molar-refractivity contribution in [2.24, 2.45) is 11.8 Å². The van der Waals surface area contributed by atoms with E-state index in [1.54, 1.807) is 12.1 Å². The van der Waals surface area contributed by atoms with Crippen molar-refractivity contribution in [2.75, 3.05) is 6.61 Å². The first-order valence-corrected chi connectivity index (χ1v) is 9.49. The van der Waals surface area contributed by atoms with Crippen molar-refractivity contribution in [3.05, 3.63) is 35.4 Å². The zero-order valence-corrected chi connectivity index (χ0v) is 14.6. The van der Waals surface area contributed by atoms with Crippen molar-refractivity contribution in [2.45, 2.75) is 64.7 Å². The molecule has 0 bridgehead atoms. The Labute approximate surface area is 144 Å². The zero-order valence-electron chi connectivity index (χ0n) is 14.6. The minimum absolute atomic E-state index is 0.0587. The largest absolute Gasteiger partial charge is 0.490 e. The van der Waals surface area contributed by atoms with E-state index in [-0.39, 0.29) is 5.75 Å². The normalized spacial score (nSPS) is 21.8. The molecule has 1 unspecified atom stereocenters. The van der Waals surface area contributed by atoms with Crippen LogP contribution in [0.2, 0.25) is 0 Å². The molecule has 0 saturated heterocycles. The van der Waals surface area contributed by atoms with Gasteiger partial charge in [0.25, 0.3) is 0 Å². The van der Waals surface area contributed by atoms with Crippen LogP contribution in [-0.2, 0) is 0 Å². The van der Waals surface area contributed by atoms with Crippen molar-refractivity contribution < 1.29 is 13.5 Å². The molecule has 0 radical (unpaired) electrons. The van der Waals surface area contributed by atoms with Gasteiger partial charge in [-0.1, -0.05) is 38.7 Å². The summed E-state index contributed by atoms with van der Waals surface area (Å²) < 4.78 is 34.4. The molecule has 1 aromatic rings. The maximum Gasteiger partial charge on any atom is 0.201 e. The molecule has 0 heterocycles. The van der Waals surface area contributed by atoms with Crippen LogP contribution in [0.15, 0.2) is 18.2 Å². The quantitative estimate of drug-likeness (QED) is 0.575. The molecule has 1 aromatic carbocycles. The highest BCUT2D eigenvalue weighted by atomic mass is 19.2. The van der Waals surface area contributed by atoms with Crippen molar-refractivity contribution in [1.82, 2.24) is 0 Å². The molecule has 1 nitrogen and oxygen atoms in total. The SMILES string of the molecule is CCCC1CC=C(c2ccc(OCC3CCCC3)c(F)c2F)CC1. The minimum Gasteiger partial charge on any atom is -0.490 e. The molecule has 3 heteroatoms. The molecular weight excluding hydrogens is 306 g/mol. The second-order valence-corrected chi connectivity index (χ2v) is 7.36. The predicted molar refractivity (Wildman–Crippen MR) is 94.0 cm³/mol. The summed E-state index contributed by atoms with van der Waals surface area (Å²) in [6, 6.07) is 3.29. The predicted octanol–water partition coefficient (Wildman–Crippen LogP) is 6.52. The number of halogens is 2. The first-order chi connectivity index (χ1) is 11.7. The van der Waals surface area contributed by atoms with E-state index in [9.17, 15) is 8.78 Å². The van der Waals surface area contributed by atoms with Crippen LogP contribution in [0, 0.1) is 23.5 Å². The van der Waals surface area contributed by atoms with Gasteiger partial charge in [0, 0.05) is 5.56 Å². The smallest absolute Gasteiger partial charge is 0.201 e. The maximum absolute atomic E-state index is 14.5. The van der Waals surface area contributed by atoms with Gasteiger partial charge < -0.3 is 4.74 Å². The van der Waals surface area contributed by atoms with Crippen LogP contribution >= 0.6 is 0 Å². The van der Waals surface area contributed by atoms with E-state index in [0.717, 1.165) is 37.7 Å². The van der Waals surface area contributed by atoms with Crippen molar-refractivity contribution in [1.29, 1.82) is 0 Å². The Bertz CT molecular complexity index is 588. The fourth-order valence-electron chi connectivity index (χ4n) is 4.08. The third-order valence-electron chi connectivity index (χ3n) is 5.56. The van der Waals surface area contributed by atoms with E-state index in [0.29, 0.717) is 24.0 Å². The van der Waals surface area contributed by atoms with Gasteiger partial charge in [-0.15, -0.1) is 0 Å². The van der Waals surface area contributed by atoms with Gasteiger partial charge in [-0.3, -0.25) is 0 Å². The first kappa shape index (κ1) is 17.4. The first-order valence-electron chi connectivity index (χ1n) is 9.49. The molecule has 2 aliphatic rings. The van der Waals surface area contributed by atoms with E-state index >= 15 is 0 Å². The average molecular weight is 334 g/mol.